The number of nitrogens with zero attached hydrogens (tertiary/aromatic N) is 4. The number of hydrogen-bond acceptors (Lipinski definition) is 4. The van der Waals surface area contributed by atoms with E-state index in [0.717, 1.165) is 30.3 Å². The fourth-order valence-electron chi connectivity index (χ4n) is 2.10. The van der Waals surface area contributed by atoms with Crippen molar-refractivity contribution in [2.24, 2.45) is 0 Å². The predicted octanol–water partition coefficient (Wildman–Crippen LogP) is 1.54. The van der Waals surface area contributed by atoms with Crippen molar-refractivity contribution in [1.82, 2.24) is 19.7 Å². The lowest BCUT2D eigenvalue weighted by atomic mass is 10.2. The number of aromatic nitrogens is 3. The lowest BCUT2D eigenvalue weighted by Gasteiger charge is -2.30. The molecule has 0 amide bonds. The average Bonchev–Trinajstić information content (AvgIpc) is 2.91. The molecule has 5 heteroatoms. The zero-order valence-electron chi connectivity index (χ0n) is 9.42. The summed E-state index contributed by atoms with van der Waals surface area (Å²) in [5, 5.41) is 8.53. The van der Waals surface area contributed by atoms with Crippen molar-refractivity contribution in [2.75, 3.05) is 13.6 Å². The van der Waals surface area contributed by atoms with Crippen LogP contribution in [-0.4, -0.2) is 33.3 Å². The van der Waals surface area contributed by atoms with Gasteiger partial charge in [-0.15, -0.1) is 10.2 Å². The minimum Gasteiger partial charge on any atom is -0.472 e. The first kappa shape index (κ1) is 9.59. The fourth-order valence-corrected chi connectivity index (χ4v) is 2.10. The standard InChI is InChI=1S/C11H14N4O/c1-8-10-12-13-11(9-3-6-16-7-9)15(10)5-4-14(8)2/h3,6-8H,4-5H2,1-2H3. The number of rotatable bonds is 1. The molecule has 5 nitrogen and oxygen atoms in total. The Kier molecular flexibility index (Phi) is 2.07. The SMILES string of the molecule is CC1c2nnc(-c3ccoc3)n2CCN1C. The number of likely N-dealkylation sites (N-methyl/N-ethyl adjacent to an activating group) is 1. The second-order valence-electron chi connectivity index (χ2n) is 4.20. The van der Waals surface area contributed by atoms with Crippen LogP contribution < -0.4 is 0 Å². The van der Waals surface area contributed by atoms with E-state index in [-0.39, 0.29) is 0 Å². The van der Waals surface area contributed by atoms with Crippen molar-refractivity contribution in [1.29, 1.82) is 0 Å². The Morgan fingerprint density at radius 3 is 3.00 bits per heavy atom. The molecule has 0 N–H and O–H groups in total. The van der Waals surface area contributed by atoms with E-state index in [4.69, 9.17) is 4.42 Å². The molecule has 0 fully saturated rings. The maximum absolute atomic E-state index is 5.09. The first-order chi connectivity index (χ1) is 7.77. The Hall–Kier alpha value is -1.62. The van der Waals surface area contributed by atoms with Crippen molar-refractivity contribution in [3.05, 3.63) is 24.4 Å². The molecule has 0 saturated heterocycles. The van der Waals surface area contributed by atoms with Gasteiger partial charge in [0.2, 0.25) is 0 Å². The van der Waals surface area contributed by atoms with Crippen LogP contribution >= 0.6 is 0 Å². The largest absolute Gasteiger partial charge is 0.472 e. The Morgan fingerprint density at radius 2 is 2.25 bits per heavy atom. The van der Waals surface area contributed by atoms with Gasteiger partial charge in [-0.2, -0.15) is 0 Å². The highest BCUT2D eigenvalue weighted by Gasteiger charge is 2.26. The Balaban J connectivity index is 2.08. The van der Waals surface area contributed by atoms with Crippen molar-refractivity contribution >= 4 is 0 Å². The summed E-state index contributed by atoms with van der Waals surface area (Å²) in [7, 11) is 2.11. The second-order valence-corrected chi connectivity index (χ2v) is 4.20. The first-order valence-corrected chi connectivity index (χ1v) is 5.43. The van der Waals surface area contributed by atoms with E-state index in [0.29, 0.717) is 6.04 Å². The van der Waals surface area contributed by atoms with E-state index in [1.807, 2.05) is 6.07 Å². The van der Waals surface area contributed by atoms with Crippen LogP contribution in [0.15, 0.2) is 23.0 Å². The molecule has 84 valence electrons. The van der Waals surface area contributed by atoms with E-state index in [2.05, 4.69) is 33.6 Å². The summed E-state index contributed by atoms with van der Waals surface area (Å²) in [5.74, 6) is 1.94. The van der Waals surface area contributed by atoms with Crippen molar-refractivity contribution < 1.29 is 4.42 Å². The van der Waals surface area contributed by atoms with Crippen LogP contribution in [0.1, 0.15) is 18.8 Å². The summed E-state index contributed by atoms with van der Waals surface area (Å²) in [5.41, 5.74) is 0.996. The molecule has 2 aromatic rings. The van der Waals surface area contributed by atoms with Crippen molar-refractivity contribution in [3.63, 3.8) is 0 Å². The number of hydrogen-bond donors (Lipinski definition) is 0. The van der Waals surface area contributed by atoms with E-state index in [9.17, 15) is 0 Å². The lowest BCUT2D eigenvalue weighted by molar-refractivity contribution is 0.206. The van der Waals surface area contributed by atoms with Gasteiger partial charge in [-0.05, 0) is 20.0 Å². The third kappa shape index (κ3) is 1.28. The molecule has 0 saturated carbocycles. The third-order valence-electron chi connectivity index (χ3n) is 3.27. The van der Waals surface area contributed by atoms with Crippen LogP contribution in [0.5, 0.6) is 0 Å². The zero-order valence-corrected chi connectivity index (χ0v) is 9.42. The monoisotopic (exact) mass is 218 g/mol. The van der Waals surface area contributed by atoms with Gasteiger partial charge in [0.25, 0.3) is 0 Å². The number of fused-ring (bicyclic) bond motifs is 1. The van der Waals surface area contributed by atoms with E-state index < -0.39 is 0 Å². The Bertz CT molecular complexity index is 488. The smallest absolute Gasteiger partial charge is 0.167 e. The minimum absolute atomic E-state index is 0.321. The second kappa shape index (κ2) is 3.45. The van der Waals surface area contributed by atoms with E-state index >= 15 is 0 Å². The summed E-state index contributed by atoms with van der Waals surface area (Å²) in [4.78, 5) is 2.28. The van der Waals surface area contributed by atoms with Gasteiger partial charge in [-0.3, -0.25) is 4.90 Å². The lowest BCUT2D eigenvalue weighted by Crippen LogP contribution is -2.34. The molecule has 0 radical (unpaired) electrons. The van der Waals surface area contributed by atoms with Crippen molar-refractivity contribution in [2.45, 2.75) is 19.5 Å². The van der Waals surface area contributed by atoms with E-state index in [1.165, 1.54) is 0 Å². The summed E-state index contributed by atoms with van der Waals surface area (Å²) in [6, 6.07) is 2.24. The van der Waals surface area contributed by atoms with Crippen LogP contribution in [0.3, 0.4) is 0 Å². The van der Waals surface area contributed by atoms with Gasteiger partial charge in [0.1, 0.15) is 12.1 Å². The summed E-state index contributed by atoms with van der Waals surface area (Å²) < 4.78 is 7.26. The van der Waals surface area contributed by atoms with Gasteiger partial charge >= 0.3 is 0 Å². The normalized spacial score (nSPS) is 21.0. The maximum Gasteiger partial charge on any atom is 0.167 e. The van der Waals surface area contributed by atoms with Crippen LogP contribution in [0.2, 0.25) is 0 Å². The molecule has 16 heavy (non-hydrogen) atoms. The molecule has 1 aliphatic rings. The Labute approximate surface area is 93.7 Å². The van der Waals surface area contributed by atoms with Gasteiger partial charge in [-0.1, -0.05) is 0 Å². The first-order valence-electron chi connectivity index (χ1n) is 5.43. The van der Waals surface area contributed by atoms with Crippen molar-refractivity contribution in [3.8, 4) is 11.4 Å². The van der Waals surface area contributed by atoms with Crippen LogP contribution in [0, 0.1) is 0 Å². The zero-order chi connectivity index (χ0) is 11.1. The highest BCUT2D eigenvalue weighted by molar-refractivity contribution is 5.53. The van der Waals surface area contributed by atoms with Gasteiger partial charge in [-0.25, -0.2) is 0 Å². The molecule has 3 heterocycles. The molecule has 2 aromatic heterocycles. The summed E-state index contributed by atoms with van der Waals surface area (Å²) in [6.07, 6.45) is 3.37. The van der Waals surface area contributed by atoms with Gasteiger partial charge in [0.15, 0.2) is 5.82 Å². The van der Waals surface area contributed by atoms with Crippen LogP contribution in [-0.2, 0) is 6.54 Å². The molecule has 3 rings (SSSR count). The molecular formula is C11H14N4O. The number of furan rings is 1. The fraction of sp³-hybridized carbons (Fsp3) is 0.455. The van der Waals surface area contributed by atoms with Crippen LogP contribution in [0.25, 0.3) is 11.4 Å². The van der Waals surface area contributed by atoms with Gasteiger partial charge < -0.3 is 8.98 Å². The summed E-state index contributed by atoms with van der Waals surface area (Å²) >= 11 is 0. The Morgan fingerprint density at radius 1 is 1.38 bits per heavy atom. The summed E-state index contributed by atoms with van der Waals surface area (Å²) in [6.45, 7) is 4.11. The minimum atomic E-state index is 0.321. The quantitative estimate of drug-likeness (QED) is 0.728. The molecule has 1 unspecified atom stereocenters. The molecule has 0 aromatic carbocycles. The highest BCUT2D eigenvalue weighted by atomic mass is 16.3. The topological polar surface area (TPSA) is 47.1 Å². The predicted molar refractivity (Wildman–Crippen MR) is 58.8 cm³/mol. The molecule has 0 spiro atoms. The molecule has 1 aliphatic heterocycles. The molecule has 1 atom stereocenters. The average molecular weight is 218 g/mol. The van der Waals surface area contributed by atoms with E-state index in [1.54, 1.807) is 12.5 Å². The third-order valence-corrected chi connectivity index (χ3v) is 3.27. The molecule has 0 bridgehead atoms. The van der Waals surface area contributed by atoms with Crippen LogP contribution in [0.4, 0.5) is 0 Å². The highest BCUT2D eigenvalue weighted by Crippen LogP contribution is 2.27. The molecular weight excluding hydrogens is 204 g/mol. The van der Waals surface area contributed by atoms with Gasteiger partial charge in [0.05, 0.1) is 17.9 Å². The maximum atomic E-state index is 5.09. The molecule has 0 aliphatic carbocycles. The van der Waals surface area contributed by atoms with Gasteiger partial charge in [0, 0.05) is 13.1 Å².